The summed E-state index contributed by atoms with van der Waals surface area (Å²) in [5.41, 5.74) is 0.504. The second-order valence-electron chi connectivity index (χ2n) is 4.47. The fraction of sp³-hybridized carbons (Fsp3) is 0.417. The van der Waals surface area contributed by atoms with Gasteiger partial charge in [0.1, 0.15) is 5.82 Å². The predicted octanol–water partition coefficient (Wildman–Crippen LogP) is 1.02. The van der Waals surface area contributed by atoms with Crippen molar-refractivity contribution in [2.24, 2.45) is 0 Å². The normalized spacial score (nSPS) is 18.8. The maximum absolute atomic E-state index is 10.8. The first-order valence-corrected chi connectivity index (χ1v) is 6.17. The molecule has 0 aliphatic carbocycles. The quantitative estimate of drug-likeness (QED) is 0.855. The average Bonchev–Trinajstić information content (AvgIpc) is 3.04. The Hall–Kier alpha value is -2.15. The molecule has 0 radical (unpaired) electrons. The van der Waals surface area contributed by atoms with Gasteiger partial charge in [0.25, 0.3) is 0 Å². The van der Waals surface area contributed by atoms with Gasteiger partial charge in [-0.15, -0.1) is 5.10 Å². The highest BCUT2D eigenvalue weighted by Gasteiger charge is 2.15. The second kappa shape index (κ2) is 4.85. The minimum absolute atomic E-state index is 0.0104. The molecule has 2 N–H and O–H groups in total. The van der Waals surface area contributed by atoms with Crippen molar-refractivity contribution in [3.63, 3.8) is 0 Å². The number of carbonyl (C=O) groups is 1. The van der Waals surface area contributed by atoms with Gasteiger partial charge in [-0.05, 0) is 25.0 Å². The molecule has 2 aromatic rings. The van der Waals surface area contributed by atoms with Crippen molar-refractivity contribution in [1.82, 2.24) is 14.6 Å². The zero-order valence-corrected chi connectivity index (χ0v) is 10.2. The molecule has 1 unspecified atom stereocenters. The van der Waals surface area contributed by atoms with Crippen LogP contribution in [0.25, 0.3) is 5.65 Å². The summed E-state index contributed by atoms with van der Waals surface area (Å²) in [6, 6.07) is 3.51. The van der Waals surface area contributed by atoms with Crippen molar-refractivity contribution in [3.8, 4) is 0 Å². The van der Waals surface area contributed by atoms with Crippen LogP contribution in [0.1, 0.15) is 23.3 Å². The predicted molar refractivity (Wildman–Crippen MR) is 67.4 cm³/mol. The number of nitrogens with zero attached hydrogens (tertiary/aromatic N) is 3. The van der Waals surface area contributed by atoms with Gasteiger partial charge in [-0.2, -0.15) is 0 Å². The number of anilines is 1. The number of carboxylic acids is 1. The van der Waals surface area contributed by atoms with Crippen molar-refractivity contribution in [3.05, 3.63) is 24.0 Å². The van der Waals surface area contributed by atoms with Crippen LogP contribution in [0.5, 0.6) is 0 Å². The van der Waals surface area contributed by atoms with Gasteiger partial charge >= 0.3 is 5.97 Å². The van der Waals surface area contributed by atoms with Gasteiger partial charge in [-0.25, -0.2) is 14.3 Å². The SMILES string of the molecule is O=C(O)c1cn2nc(NCC3CCCO3)ccc2n1. The van der Waals surface area contributed by atoms with E-state index < -0.39 is 5.97 Å². The molecule has 19 heavy (non-hydrogen) atoms. The molecule has 1 saturated heterocycles. The smallest absolute Gasteiger partial charge is 0.356 e. The Bertz CT molecular complexity index is 604. The third-order valence-corrected chi connectivity index (χ3v) is 3.07. The number of hydrogen-bond donors (Lipinski definition) is 2. The van der Waals surface area contributed by atoms with Crippen LogP contribution in [0.4, 0.5) is 5.82 Å². The van der Waals surface area contributed by atoms with Crippen LogP contribution in [0.3, 0.4) is 0 Å². The van der Waals surface area contributed by atoms with Crippen molar-refractivity contribution >= 4 is 17.4 Å². The zero-order chi connectivity index (χ0) is 13.2. The molecule has 100 valence electrons. The van der Waals surface area contributed by atoms with Gasteiger partial charge in [0.2, 0.25) is 0 Å². The van der Waals surface area contributed by atoms with E-state index in [-0.39, 0.29) is 11.8 Å². The fourth-order valence-corrected chi connectivity index (χ4v) is 2.10. The summed E-state index contributed by atoms with van der Waals surface area (Å²) in [6.07, 6.45) is 3.79. The van der Waals surface area contributed by atoms with E-state index in [1.807, 2.05) is 0 Å². The number of rotatable bonds is 4. The third-order valence-electron chi connectivity index (χ3n) is 3.07. The van der Waals surface area contributed by atoms with Crippen LogP contribution in [-0.2, 0) is 4.74 Å². The third kappa shape index (κ3) is 2.50. The summed E-state index contributed by atoms with van der Waals surface area (Å²) in [5, 5.41) is 16.3. The molecule has 1 aliphatic rings. The summed E-state index contributed by atoms with van der Waals surface area (Å²) in [7, 11) is 0. The minimum atomic E-state index is -1.06. The first-order valence-electron chi connectivity index (χ1n) is 6.17. The molecule has 0 saturated carbocycles. The number of ether oxygens (including phenoxy) is 1. The molecule has 0 aromatic carbocycles. The Morgan fingerprint density at radius 2 is 2.47 bits per heavy atom. The molecule has 1 aliphatic heterocycles. The average molecular weight is 262 g/mol. The summed E-state index contributed by atoms with van der Waals surface area (Å²) in [6.45, 7) is 1.53. The Morgan fingerprint density at radius 1 is 1.58 bits per heavy atom. The van der Waals surface area contributed by atoms with E-state index in [0.717, 1.165) is 19.4 Å². The van der Waals surface area contributed by atoms with Crippen molar-refractivity contribution in [2.75, 3.05) is 18.5 Å². The highest BCUT2D eigenvalue weighted by atomic mass is 16.5. The van der Waals surface area contributed by atoms with Crippen LogP contribution >= 0.6 is 0 Å². The molecule has 1 fully saturated rings. The first-order chi connectivity index (χ1) is 9.22. The first kappa shape index (κ1) is 11.9. The van der Waals surface area contributed by atoms with Crippen LogP contribution < -0.4 is 5.32 Å². The Morgan fingerprint density at radius 3 is 3.21 bits per heavy atom. The lowest BCUT2D eigenvalue weighted by Crippen LogP contribution is -2.19. The molecular weight excluding hydrogens is 248 g/mol. The summed E-state index contributed by atoms with van der Waals surface area (Å²) in [4.78, 5) is 14.8. The van der Waals surface area contributed by atoms with Crippen molar-refractivity contribution in [2.45, 2.75) is 18.9 Å². The lowest BCUT2D eigenvalue weighted by Gasteiger charge is -2.10. The number of imidazole rings is 1. The van der Waals surface area contributed by atoms with Crippen molar-refractivity contribution < 1.29 is 14.6 Å². The standard InChI is InChI=1S/C12H14N4O3/c17-12(18)9-7-16-11(14-9)4-3-10(15-16)13-6-8-2-1-5-19-8/h3-4,7-8H,1-2,5-6H2,(H,13,15)(H,17,18). The van der Waals surface area contributed by atoms with Crippen LogP contribution in [0.15, 0.2) is 18.3 Å². The maximum atomic E-state index is 10.8. The number of fused-ring (bicyclic) bond motifs is 1. The van der Waals surface area contributed by atoms with Gasteiger partial charge in [0.15, 0.2) is 11.3 Å². The molecule has 0 bridgehead atoms. The molecule has 7 heteroatoms. The van der Waals surface area contributed by atoms with Gasteiger partial charge < -0.3 is 15.2 Å². The zero-order valence-electron chi connectivity index (χ0n) is 10.2. The number of nitrogens with one attached hydrogen (secondary N) is 1. The number of aromatic nitrogens is 3. The van der Waals surface area contributed by atoms with Gasteiger partial charge in [0.05, 0.1) is 12.3 Å². The van der Waals surface area contributed by atoms with E-state index in [1.54, 1.807) is 12.1 Å². The van der Waals surface area contributed by atoms with Crippen LogP contribution in [-0.4, -0.2) is 44.9 Å². The van der Waals surface area contributed by atoms with Gasteiger partial charge in [0, 0.05) is 13.2 Å². The second-order valence-corrected chi connectivity index (χ2v) is 4.47. The fourth-order valence-electron chi connectivity index (χ4n) is 2.10. The largest absolute Gasteiger partial charge is 0.476 e. The monoisotopic (exact) mass is 262 g/mol. The number of hydrogen-bond acceptors (Lipinski definition) is 5. The molecular formula is C12H14N4O3. The summed E-state index contributed by atoms with van der Waals surface area (Å²) < 4.78 is 6.97. The Balaban J connectivity index is 1.74. The maximum Gasteiger partial charge on any atom is 0.356 e. The number of aromatic carboxylic acids is 1. The molecule has 0 amide bonds. The van der Waals surface area contributed by atoms with E-state index >= 15 is 0 Å². The van der Waals surface area contributed by atoms with E-state index in [2.05, 4.69) is 15.4 Å². The summed E-state index contributed by atoms with van der Waals surface area (Å²) >= 11 is 0. The lowest BCUT2D eigenvalue weighted by molar-refractivity contribution is 0.0691. The van der Waals surface area contributed by atoms with Crippen molar-refractivity contribution in [1.29, 1.82) is 0 Å². The Labute approximate surface area is 109 Å². The highest BCUT2D eigenvalue weighted by Crippen LogP contribution is 2.13. The van der Waals surface area contributed by atoms with Crippen LogP contribution in [0, 0.1) is 0 Å². The van der Waals surface area contributed by atoms with E-state index in [4.69, 9.17) is 9.84 Å². The van der Waals surface area contributed by atoms with E-state index in [1.165, 1.54) is 10.7 Å². The topological polar surface area (TPSA) is 88.8 Å². The number of carboxylic acid groups (broad SMARTS) is 1. The highest BCUT2D eigenvalue weighted by molar-refractivity contribution is 5.86. The molecule has 1 atom stereocenters. The molecule has 0 spiro atoms. The van der Waals surface area contributed by atoms with E-state index in [9.17, 15) is 4.79 Å². The van der Waals surface area contributed by atoms with E-state index in [0.29, 0.717) is 18.0 Å². The van der Waals surface area contributed by atoms with Crippen LogP contribution in [0.2, 0.25) is 0 Å². The molecule has 7 nitrogen and oxygen atoms in total. The molecule has 3 rings (SSSR count). The minimum Gasteiger partial charge on any atom is -0.476 e. The Kier molecular flexibility index (Phi) is 3.04. The molecule has 2 aromatic heterocycles. The lowest BCUT2D eigenvalue weighted by atomic mass is 10.2. The van der Waals surface area contributed by atoms with Gasteiger partial charge in [-0.3, -0.25) is 0 Å². The molecule has 3 heterocycles. The van der Waals surface area contributed by atoms with Gasteiger partial charge in [-0.1, -0.05) is 0 Å². The summed E-state index contributed by atoms with van der Waals surface area (Å²) in [5.74, 6) is -0.378.